The zero-order valence-electron chi connectivity index (χ0n) is 9.80. The first-order chi connectivity index (χ1) is 7.97. The molecule has 1 unspecified atom stereocenters. The molecule has 0 spiro atoms. The van der Waals surface area contributed by atoms with E-state index in [-0.39, 0.29) is 5.91 Å². The van der Waals surface area contributed by atoms with E-state index in [0.29, 0.717) is 18.1 Å². The van der Waals surface area contributed by atoms with Gasteiger partial charge in [-0.15, -0.1) is 11.8 Å². The number of aliphatic carboxylic acids is 1. The van der Waals surface area contributed by atoms with Crippen molar-refractivity contribution in [2.24, 2.45) is 0 Å². The van der Waals surface area contributed by atoms with Gasteiger partial charge in [0.25, 0.3) is 0 Å². The van der Waals surface area contributed by atoms with Gasteiger partial charge in [-0.2, -0.15) is 0 Å². The van der Waals surface area contributed by atoms with Crippen molar-refractivity contribution in [1.29, 1.82) is 0 Å². The zero-order chi connectivity index (χ0) is 13.0. The lowest BCUT2D eigenvalue weighted by atomic mass is 10.2. The van der Waals surface area contributed by atoms with Crippen LogP contribution in [0.15, 0.2) is 0 Å². The molecule has 1 aliphatic rings. The first-order valence-corrected chi connectivity index (χ1v) is 6.53. The highest BCUT2D eigenvalue weighted by Crippen LogP contribution is 2.21. The number of thioether (sulfide) groups is 1. The molecule has 0 radical (unpaired) electrons. The Bertz CT molecular complexity index is 334. The fraction of sp³-hybridized carbons (Fsp3) is 0.700. The molecular weight excluding hydrogens is 244 g/mol. The predicted molar refractivity (Wildman–Crippen MR) is 63.5 cm³/mol. The Kier molecular flexibility index (Phi) is 4.80. The lowest BCUT2D eigenvalue weighted by molar-refractivity contribution is -0.143. The lowest BCUT2D eigenvalue weighted by Gasteiger charge is -2.23. The highest BCUT2D eigenvalue weighted by Gasteiger charge is 2.34. The average molecular weight is 260 g/mol. The maximum Gasteiger partial charge on any atom is 0.325 e. The van der Waals surface area contributed by atoms with Gasteiger partial charge in [-0.05, 0) is 6.92 Å². The van der Waals surface area contributed by atoms with E-state index in [9.17, 15) is 14.4 Å². The normalized spacial score (nSPS) is 21.1. The van der Waals surface area contributed by atoms with Crippen LogP contribution in [0.5, 0.6) is 0 Å². The number of carbonyl (C=O) groups excluding carboxylic acids is 2. The SMILES string of the molecule is CCC(=O)N1CSCC1C(=O)N[C@H](C)C(=O)O. The number of hydrogen-bond donors (Lipinski definition) is 2. The van der Waals surface area contributed by atoms with Gasteiger partial charge in [0, 0.05) is 12.2 Å². The first kappa shape index (κ1) is 13.8. The molecule has 0 aliphatic carbocycles. The molecule has 6 nitrogen and oxygen atoms in total. The van der Waals surface area contributed by atoms with Gasteiger partial charge in [0.05, 0.1) is 5.88 Å². The second-order valence-electron chi connectivity index (χ2n) is 3.80. The van der Waals surface area contributed by atoms with Gasteiger partial charge in [-0.3, -0.25) is 14.4 Å². The van der Waals surface area contributed by atoms with Crippen molar-refractivity contribution in [3.8, 4) is 0 Å². The fourth-order valence-corrected chi connectivity index (χ4v) is 2.66. The number of carboxylic acids is 1. The van der Waals surface area contributed by atoms with Crippen LogP contribution in [0.25, 0.3) is 0 Å². The summed E-state index contributed by atoms with van der Waals surface area (Å²) in [5, 5.41) is 11.1. The van der Waals surface area contributed by atoms with Gasteiger partial charge in [-0.1, -0.05) is 6.92 Å². The summed E-state index contributed by atoms with van der Waals surface area (Å²) in [7, 11) is 0. The number of hydrogen-bond acceptors (Lipinski definition) is 4. The van der Waals surface area contributed by atoms with E-state index in [0.717, 1.165) is 0 Å². The third kappa shape index (κ3) is 3.36. The second kappa shape index (κ2) is 5.90. The molecule has 1 aliphatic heterocycles. The molecule has 2 N–H and O–H groups in total. The number of rotatable bonds is 4. The van der Waals surface area contributed by atoms with Crippen molar-refractivity contribution >= 4 is 29.5 Å². The minimum absolute atomic E-state index is 0.0851. The van der Waals surface area contributed by atoms with Crippen molar-refractivity contribution in [2.75, 3.05) is 11.6 Å². The standard InChI is InChI=1S/C10H16N2O4S/c1-3-8(13)12-5-17-4-7(12)9(14)11-6(2)10(15)16/h6-7H,3-5H2,1-2H3,(H,11,14)(H,15,16)/t6-,7?/m1/s1. The van der Waals surface area contributed by atoms with Gasteiger partial charge in [0.1, 0.15) is 12.1 Å². The summed E-state index contributed by atoms with van der Waals surface area (Å²) in [6, 6.07) is -1.49. The minimum Gasteiger partial charge on any atom is -0.480 e. The topological polar surface area (TPSA) is 86.7 Å². The van der Waals surface area contributed by atoms with Crippen LogP contribution in [0.4, 0.5) is 0 Å². The molecule has 17 heavy (non-hydrogen) atoms. The van der Waals surface area contributed by atoms with Crippen LogP contribution in [0.3, 0.4) is 0 Å². The number of nitrogens with one attached hydrogen (secondary N) is 1. The Morgan fingerprint density at radius 1 is 1.53 bits per heavy atom. The summed E-state index contributed by atoms with van der Waals surface area (Å²) in [5.74, 6) is -0.557. The second-order valence-corrected chi connectivity index (χ2v) is 4.80. The molecule has 96 valence electrons. The number of carboxylic acid groups (broad SMARTS) is 1. The van der Waals surface area contributed by atoms with Crippen LogP contribution in [-0.4, -0.2) is 51.5 Å². The largest absolute Gasteiger partial charge is 0.480 e. The van der Waals surface area contributed by atoms with Crippen LogP contribution in [0.1, 0.15) is 20.3 Å². The van der Waals surface area contributed by atoms with E-state index >= 15 is 0 Å². The number of nitrogens with zero attached hydrogens (tertiary/aromatic N) is 1. The van der Waals surface area contributed by atoms with Gasteiger partial charge in [0.15, 0.2) is 0 Å². The van der Waals surface area contributed by atoms with Gasteiger partial charge in [0.2, 0.25) is 11.8 Å². The van der Waals surface area contributed by atoms with Crippen molar-refractivity contribution in [2.45, 2.75) is 32.4 Å². The van der Waals surface area contributed by atoms with E-state index in [1.54, 1.807) is 6.92 Å². The summed E-state index contributed by atoms with van der Waals surface area (Å²) >= 11 is 1.49. The lowest BCUT2D eigenvalue weighted by Crippen LogP contribution is -2.50. The quantitative estimate of drug-likeness (QED) is 0.736. The molecule has 1 fully saturated rings. The molecular formula is C10H16N2O4S. The smallest absolute Gasteiger partial charge is 0.325 e. The summed E-state index contributed by atoms with van der Waals surface area (Å²) in [4.78, 5) is 35.5. The Morgan fingerprint density at radius 2 is 2.18 bits per heavy atom. The van der Waals surface area contributed by atoms with E-state index in [2.05, 4.69) is 5.32 Å². The van der Waals surface area contributed by atoms with Gasteiger partial charge in [-0.25, -0.2) is 0 Å². The van der Waals surface area contributed by atoms with Crippen molar-refractivity contribution in [3.63, 3.8) is 0 Å². The van der Waals surface area contributed by atoms with Gasteiger partial charge < -0.3 is 15.3 Å². The molecule has 0 aromatic carbocycles. The van der Waals surface area contributed by atoms with Crippen molar-refractivity contribution < 1.29 is 19.5 Å². The third-order valence-electron chi connectivity index (χ3n) is 2.54. The Morgan fingerprint density at radius 3 is 2.71 bits per heavy atom. The van der Waals surface area contributed by atoms with E-state index in [1.165, 1.54) is 23.6 Å². The third-order valence-corrected chi connectivity index (χ3v) is 3.55. The Hall–Kier alpha value is -1.24. The van der Waals surface area contributed by atoms with Crippen molar-refractivity contribution in [1.82, 2.24) is 10.2 Å². The highest BCUT2D eigenvalue weighted by molar-refractivity contribution is 7.99. The summed E-state index contributed by atoms with van der Waals surface area (Å²) in [6.45, 7) is 3.13. The fourth-order valence-electron chi connectivity index (χ4n) is 1.48. The molecule has 2 atom stereocenters. The van der Waals surface area contributed by atoms with E-state index < -0.39 is 24.0 Å². The molecule has 0 saturated carbocycles. The molecule has 1 rings (SSSR count). The highest BCUT2D eigenvalue weighted by atomic mass is 32.2. The van der Waals surface area contributed by atoms with Crippen LogP contribution in [0.2, 0.25) is 0 Å². The van der Waals surface area contributed by atoms with Crippen LogP contribution >= 0.6 is 11.8 Å². The molecule has 1 heterocycles. The van der Waals surface area contributed by atoms with Gasteiger partial charge >= 0.3 is 5.97 Å². The molecule has 2 amide bonds. The summed E-state index contributed by atoms with van der Waals surface area (Å²) in [5.41, 5.74) is 0. The molecule has 0 aromatic rings. The average Bonchev–Trinajstić information content (AvgIpc) is 2.76. The van der Waals surface area contributed by atoms with Crippen molar-refractivity contribution in [3.05, 3.63) is 0 Å². The first-order valence-electron chi connectivity index (χ1n) is 5.37. The Balaban J connectivity index is 2.62. The summed E-state index contributed by atoms with van der Waals surface area (Å²) < 4.78 is 0. The number of carbonyl (C=O) groups is 3. The molecule has 0 aromatic heterocycles. The molecule has 0 bridgehead atoms. The summed E-state index contributed by atoms with van der Waals surface area (Å²) in [6.07, 6.45) is 0.346. The van der Waals surface area contributed by atoms with Crippen LogP contribution in [-0.2, 0) is 14.4 Å². The zero-order valence-corrected chi connectivity index (χ0v) is 10.6. The van der Waals surface area contributed by atoms with Crippen LogP contribution < -0.4 is 5.32 Å². The van der Waals surface area contributed by atoms with E-state index in [4.69, 9.17) is 5.11 Å². The number of amides is 2. The predicted octanol–water partition coefficient (Wildman–Crippen LogP) is -0.113. The maximum absolute atomic E-state index is 11.8. The monoisotopic (exact) mass is 260 g/mol. The van der Waals surface area contributed by atoms with E-state index in [1.807, 2.05) is 0 Å². The molecule has 1 saturated heterocycles. The minimum atomic E-state index is -1.09. The Labute approximate surface area is 104 Å². The maximum atomic E-state index is 11.8. The molecule has 7 heteroatoms. The van der Waals surface area contributed by atoms with Crippen LogP contribution in [0, 0.1) is 0 Å².